The van der Waals surface area contributed by atoms with Crippen molar-refractivity contribution in [1.29, 1.82) is 0 Å². The number of rotatable bonds is 15. The van der Waals surface area contributed by atoms with Crippen LogP contribution in [0.3, 0.4) is 0 Å². The van der Waals surface area contributed by atoms with E-state index in [-0.39, 0.29) is 23.0 Å². The number of hydrogen-bond donors (Lipinski definition) is 0. The molecule has 0 saturated carbocycles. The lowest BCUT2D eigenvalue weighted by Gasteiger charge is -2.40. The fourth-order valence-electron chi connectivity index (χ4n) is 14.9. The number of carbonyl (C=O) groups is 4. The van der Waals surface area contributed by atoms with Gasteiger partial charge in [0.25, 0.3) is 0 Å². The molecule has 30 aliphatic rings. The highest BCUT2D eigenvalue weighted by Crippen LogP contribution is 2.81. The molecule has 20 bridgehead atoms. The summed E-state index contributed by atoms with van der Waals surface area (Å²) in [5.41, 5.74) is 10.3. The van der Waals surface area contributed by atoms with Gasteiger partial charge in [-0.05, 0) is 237 Å². The number of nitrogens with zero attached hydrogens (tertiary/aromatic N) is 2. The zero-order chi connectivity index (χ0) is 86.0. The van der Waals surface area contributed by atoms with Crippen LogP contribution in [0.15, 0.2) is 315 Å². The van der Waals surface area contributed by atoms with Crippen molar-refractivity contribution in [2.45, 2.75) is 116 Å². The van der Waals surface area contributed by atoms with Crippen LogP contribution < -0.4 is 45.6 Å². The predicted molar refractivity (Wildman–Crippen MR) is 493 cm³/mol. The largest absolute Gasteiger partial charge is 0.507 e. The fourth-order valence-corrected chi connectivity index (χ4v) is 24.8. The van der Waals surface area contributed by atoms with Crippen molar-refractivity contribution in [2.75, 3.05) is 0 Å². The Morgan fingerprint density at radius 3 is 0.680 bits per heavy atom. The van der Waals surface area contributed by atoms with Gasteiger partial charge in [0.05, 0.1) is 0 Å². The summed E-state index contributed by atoms with van der Waals surface area (Å²) < 4.78 is 65.8. The summed E-state index contributed by atoms with van der Waals surface area (Å²) >= 11 is 13.5. The van der Waals surface area contributed by atoms with Gasteiger partial charge in [-0.15, -0.1) is 0 Å². The zero-order valence-corrected chi connectivity index (χ0v) is 74.9. The molecule has 0 spiro atoms. The summed E-state index contributed by atoms with van der Waals surface area (Å²) in [6.45, 7) is 26.1. The van der Waals surface area contributed by atoms with Crippen molar-refractivity contribution >= 4 is 80.4 Å². The molecule has 16 nitrogen and oxygen atoms in total. The molecule has 0 N–H and O–H groups in total. The second kappa shape index (κ2) is 34.7. The summed E-state index contributed by atoms with van der Waals surface area (Å²) in [7, 11) is -16.1. The van der Waals surface area contributed by atoms with Gasteiger partial charge in [0.15, 0.2) is 57.5 Å². The van der Waals surface area contributed by atoms with E-state index in [2.05, 4.69) is 156 Å². The normalized spacial score (nSPS) is 17.5. The van der Waals surface area contributed by atoms with Gasteiger partial charge in [0.1, 0.15) is 25.1 Å². The number of aldehydes is 4. The van der Waals surface area contributed by atoms with Gasteiger partial charge in [0.2, 0.25) is 11.7 Å². The average Bonchev–Trinajstić information content (AvgIpc) is 0.783. The van der Waals surface area contributed by atoms with Gasteiger partial charge in [-0.1, -0.05) is 229 Å². The Bertz CT molecular complexity index is 5590. The monoisotopic (exact) mass is 1730 g/mol. The Morgan fingerprint density at radius 1 is 0.279 bits per heavy atom. The van der Waals surface area contributed by atoms with Crippen molar-refractivity contribution in [3.05, 3.63) is 409 Å². The minimum Gasteiger partial charge on any atom is -0.485 e. The first-order valence-electron chi connectivity index (χ1n) is 39.9. The minimum atomic E-state index is -4.46. The molecular weight excluding hydrogens is 1640 g/mol. The van der Waals surface area contributed by atoms with Gasteiger partial charge in [0, 0.05) is 54.7 Å². The van der Waals surface area contributed by atoms with Crippen molar-refractivity contribution in [3.63, 3.8) is 0 Å². The van der Waals surface area contributed by atoms with E-state index in [9.17, 15) is 19.2 Å². The molecule has 22 heteroatoms. The molecule has 618 valence electrons. The minimum absolute atomic E-state index is 0.239. The van der Waals surface area contributed by atoms with E-state index in [4.69, 9.17) is 74.9 Å². The quantitative estimate of drug-likeness (QED) is 0.0537. The molecule has 122 heavy (non-hydrogen) atoms. The fraction of sp³-hybridized carbons (Fsp3) is 0.180. The number of hydrogen-bond acceptors (Lipinski definition) is 17. The highest BCUT2D eigenvalue weighted by molar-refractivity contribution is 8.41. The van der Waals surface area contributed by atoms with Crippen LogP contribution in [0.4, 0.5) is 0 Å². The summed E-state index contributed by atoms with van der Waals surface area (Å²) in [4.78, 5) is 61.1. The highest BCUT2D eigenvalue weighted by atomic mass is 32.7. The van der Waals surface area contributed by atoms with Crippen LogP contribution in [0.2, 0.25) is 0 Å². The molecule has 0 aliphatic carbocycles. The van der Waals surface area contributed by atoms with E-state index in [1.165, 1.54) is 4.60 Å². The molecule has 30 heterocycles. The van der Waals surface area contributed by atoms with E-state index < -0.39 is 63.2 Å². The Morgan fingerprint density at radius 2 is 0.467 bits per heavy atom. The number of carbonyl (C=O) groups excluding carboxylic acids is 4. The molecular formula is C100H93N2O14P4S2+. The first-order chi connectivity index (χ1) is 58.3. The first kappa shape index (κ1) is 85.8. The molecule has 0 saturated heterocycles. The number of benzene rings is 13. The van der Waals surface area contributed by atoms with E-state index in [0.29, 0.717) is 56.8 Å². The Kier molecular flexibility index (Phi) is 24.4. The van der Waals surface area contributed by atoms with Crippen LogP contribution in [-0.4, -0.2) is 29.7 Å². The van der Waals surface area contributed by atoms with E-state index in [0.717, 1.165) is 91.9 Å². The topological polar surface area (TPSA) is 178 Å². The lowest BCUT2D eigenvalue weighted by atomic mass is 9.74. The van der Waals surface area contributed by atoms with Gasteiger partial charge in [-0.3, -0.25) is 41.8 Å². The van der Waals surface area contributed by atoms with E-state index in [1.54, 1.807) is 97.1 Å². The van der Waals surface area contributed by atoms with Crippen LogP contribution in [-0.2, 0) is 57.0 Å². The maximum Gasteiger partial charge on any atom is 0.507 e. The molecule has 13 aromatic rings. The van der Waals surface area contributed by atoms with Crippen LogP contribution >= 0.6 is 30.8 Å². The molecule has 0 unspecified atom stereocenters. The van der Waals surface area contributed by atoms with Gasteiger partial charge < -0.3 is 47.4 Å². The third-order valence-electron chi connectivity index (χ3n) is 23.3. The second-order valence-electron chi connectivity index (χ2n) is 33.3. The summed E-state index contributed by atoms with van der Waals surface area (Å²) in [6.07, 6.45) is 2.97. The summed E-state index contributed by atoms with van der Waals surface area (Å²) in [5, 5.41) is 0. The Labute approximate surface area is 727 Å². The lowest BCUT2D eigenvalue weighted by Crippen LogP contribution is -2.31. The van der Waals surface area contributed by atoms with Crippen molar-refractivity contribution < 1.29 is 64.7 Å². The maximum atomic E-state index is 12.1. The highest BCUT2D eigenvalue weighted by Gasteiger charge is 2.58. The van der Waals surface area contributed by atoms with Crippen LogP contribution in [0.1, 0.15) is 191 Å². The molecule has 0 radical (unpaired) electrons. The van der Waals surface area contributed by atoms with E-state index in [1.807, 2.05) is 146 Å². The molecule has 30 aliphatic heterocycles. The SMILES string of the molecule is CC1(C)c2ccc(cc2)ON([P+]([S-])(Oc2ccc(C=O)cc2)Oc2ccc(C=O)cc2)[PH+]2Oc3ccc(cc3)C(C)(C)c3ccc(cc3)C(C)(C)c3ccc(cc3)O[P+]([N-][P+]([S-])(Oc3ccc(C=O)cc3)Oc3ccc(C=O)cc3)(Oc3ccc(cc3)C(C)(C)c3ccc1cc3)Oc1ccc(cc1)C(C)(C)c1ccc(cc1)C(C)(C)c1ccc(cc1)O2. The van der Waals surface area contributed by atoms with E-state index >= 15 is 0 Å². The molecule has 0 amide bonds. The van der Waals surface area contributed by atoms with Crippen molar-refractivity contribution in [1.82, 2.24) is 4.60 Å². The summed E-state index contributed by atoms with van der Waals surface area (Å²) in [5.74, 6) is 3.14. The van der Waals surface area contributed by atoms with Crippen molar-refractivity contribution in [3.8, 4) is 57.5 Å². The van der Waals surface area contributed by atoms with Crippen LogP contribution in [0.5, 0.6) is 57.5 Å². The third kappa shape index (κ3) is 18.5. The maximum absolute atomic E-state index is 12.1. The van der Waals surface area contributed by atoms with Gasteiger partial charge in [-0.25, -0.2) is 0 Å². The zero-order valence-electron chi connectivity index (χ0n) is 69.6. The average molecular weight is 1730 g/mol. The molecule has 0 fully saturated rings. The van der Waals surface area contributed by atoms with Gasteiger partial charge in [-0.2, -0.15) is 4.86 Å². The molecule has 0 aromatic heterocycles. The Hall–Kier alpha value is -11.1. The lowest BCUT2D eigenvalue weighted by molar-refractivity contribution is 0.0944. The third-order valence-corrected chi connectivity index (χ3v) is 33.6. The second-order valence-corrected chi connectivity index (χ2v) is 43.0. The standard InChI is InChI=1S/C100H92N2O14P4S2/c1-95(2)73-21-27-76(28-22-73)98(7,8)82-39-59-88(60-40-82)110-118(101-119(121,113-91-45-13-69(65-103)14-46-91)114-92-47-15-70(66-104)16-48-92)111-89-61-41-83(42-62-89)99(9,10)77-29-23-74(24-30-77)96(3,4)80-35-55-86(56-36-80)108-117(109-87-57-37-81(38-58-87)97(5,6)75-25-31-78(32-26-75)100(11,12)84-43-63-90(112-118)64-44-84)102(107-85-53-33-79(95)34-54-85)120(122,115-93-49-17-71(67-105)18-50-93)116-94-51-19-72(68-106)20-52-94/h13-68H,1-12H3/p+1. The predicted octanol–water partition coefficient (Wildman–Crippen LogP) is 26.6. The van der Waals surface area contributed by atoms with Crippen LogP contribution in [0.25, 0.3) is 4.86 Å². The first-order valence-corrected chi connectivity index (χ1v) is 47.8. The molecule has 13 aromatic carbocycles. The summed E-state index contributed by atoms with van der Waals surface area (Å²) in [6, 6.07) is 98.8. The molecule has 43 rings (SSSR count). The molecule has 0 atom stereocenters. The van der Waals surface area contributed by atoms with Crippen LogP contribution in [0, 0.1) is 0 Å². The van der Waals surface area contributed by atoms with Crippen molar-refractivity contribution in [2.24, 2.45) is 0 Å². The smallest absolute Gasteiger partial charge is 0.485 e. The Balaban J connectivity index is 0.928. The van der Waals surface area contributed by atoms with Gasteiger partial charge >= 0.3 is 23.7 Å².